The van der Waals surface area contributed by atoms with Gasteiger partial charge in [-0.3, -0.25) is 4.98 Å². The molecule has 3 atom stereocenters. The van der Waals surface area contributed by atoms with E-state index in [-0.39, 0.29) is 11.3 Å². The van der Waals surface area contributed by atoms with Crippen molar-refractivity contribution in [3.05, 3.63) is 29.6 Å². The summed E-state index contributed by atoms with van der Waals surface area (Å²) in [6.45, 7) is 4.99. The molecule has 0 amide bonds. The molecule has 0 bridgehead atoms. The zero-order chi connectivity index (χ0) is 15.5. The van der Waals surface area contributed by atoms with Crippen molar-refractivity contribution in [3.8, 4) is 0 Å². The van der Waals surface area contributed by atoms with Crippen molar-refractivity contribution in [1.82, 2.24) is 10.3 Å². The zero-order valence-electron chi connectivity index (χ0n) is 13.2. The van der Waals surface area contributed by atoms with Crippen molar-refractivity contribution in [1.29, 1.82) is 0 Å². The largest absolute Gasteiger partial charge is 0.310 e. The lowest BCUT2D eigenvalue weighted by atomic mass is 9.80. The quantitative estimate of drug-likeness (QED) is 0.908. The molecule has 0 aliphatic heterocycles. The van der Waals surface area contributed by atoms with Crippen LogP contribution in [0, 0.1) is 12.8 Å². The van der Waals surface area contributed by atoms with E-state index in [1.54, 1.807) is 0 Å². The van der Waals surface area contributed by atoms with Crippen LogP contribution in [-0.2, 0) is 9.84 Å². The van der Waals surface area contributed by atoms with E-state index < -0.39 is 9.84 Å². The Balaban J connectivity index is 2.24. The minimum absolute atomic E-state index is 0.186. The molecule has 1 fully saturated rings. The predicted molar refractivity (Wildman–Crippen MR) is 86.0 cm³/mol. The number of hydrogen-bond donors (Lipinski definition) is 1. The molecule has 21 heavy (non-hydrogen) atoms. The summed E-state index contributed by atoms with van der Waals surface area (Å²) in [6.07, 6.45) is 6.81. The fourth-order valence-electron chi connectivity index (χ4n) is 3.45. The Hall–Kier alpha value is -0.940. The molecule has 118 valence electrons. The number of nitrogens with one attached hydrogen (secondary N) is 1. The number of aryl methyl sites for hydroxylation is 1. The number of aromatic nitrogens is 1. The van der Waals surface area contributed by atoms with Crippen LogP contribution in [0.25, 0.3) is 0 Å². The van der Waals surface area contributed by atoms with E-state index in [9.17, 15) is 8.42 Å². The highest BCUT2D eigenvalue weighted by Crippen LogP contribution is 2.37. The summed E-state index contributed by atoms with van der Waals surface area (Å²) in [7, 11) is -2.94. The second-order valence-corrected chi connectivity index (χ2v) is 8.42. The van der Waals surface area contributed by atoms with Gasteiger partial charge in [0.2, 0.25) is 0 Å². The van der Waals surface area contributed by atoms with Crippen LogP contribution in [0.1, 0.15) is 49.9 Å². The molecule has 1 aliphatic carbocycles. The van der Waals surface area contributed by atoms with Gasteiger partial charge in [0.25, 0.3) is 0 Å². The van der Waals surface area contributed by atoms with Crippen LogP contribution < -0.4 is 5.32 Å². The van der Waals surface area contributed by atoms with E-state index in [4.69, 9.17) is 0 Å². The Kier molecular flexibility index (Phi) is 5.38. The number of hydrogen-bond acceptors (Lipinski definition) is 4. The lowest BCUT2D eigenvalue weighted by Gasteiger charge is -2.35. The second kappa shape index (κ2) is 6.88. The van der Waals surface area contributed by atoms with E-state index in [1.165, 1.54) is 11.8 Å². The molecule has 1 N–H and O–H groups in total. The Morgan fingerprint density at radius 1 is 1.43 bits per heavy atom. The second-order valence-electron chi connectivity index (χ2n) is 6.09. The monoisotopic (exact) mass is 310 g/mol. The van der Waals surface area contributed by atoms with E-state index in [0.29, 0.717) is 5.92 Å². The van der Waals surface area contributed by atoms with Crippen LogP contribution >= 0.6 is 0 Å². The SMILES string of the molecule is CCNC(c1cccnc1C)C1CCCC(S(C)(=O)=O)C1. The number of pyridine rings is 1. The Morgan fingerprint density at radius 3 is 2.81 bits per heavy atom. The summed E-state index contributed by atoms with van der Waals surface area (Å²) in [5.41, 5.74) is 2.24. The van der Waals surface area contributed by atoms with Gasteiger partial charge in [0.1, 0.15) is 9.84 Å². The van der Waals surface area contributed by atoms with Crippen molar-refractivity contribution in [2.24, 2.45) is 5.92 Å². The highest BCUT2D eigenvalue weighted by atomic mass is 32.2. The molecule has 1 heterocycles. The minimum Gasteiger partial charge on any atom is -0.310 e. The van der Waals surface area contributed by atoms with Gasteiger partial charge in [0, 0.05) is 24.2 Å². The number of sulfone groups is 1. The maximum absolute atomic E-state index is 11.9. The van der Waals surface area contributed by atoms with Gasteiger partial charge in [-0.25, -0.2) is 8.42 Å². The molecule has 4 nitrogen and oxygen atoms in total. The third-order valence-electron chi connectivity index (χ3n) is 4.55. The summed E-state index contributed by atoms with van der Waals surface area (Å²) < 4.78 is 23.8. The van der Waals surface area contributed by atoms with Crippen molar-refractivity contribution >= 4 is 9.84 Å². The molecule has 1 aromatic heterocycles. The average Bonchev–Trinajstić information content (AvgIpc) is 2.45. The van der Waals surface area contributed by atoms with Gasteiger partial charge < -0.3 is 5.32 Å². The summed E-state index contributed by atoms with van der Waals surface area (Å²) in [6, 6.07) is 4.27. The van der Waals surface area contributed by atoms with Crippen LogP contribution in [-0.4, -0.2) is 31.5 Å². The van der Waals surface area contributed by atoms with E-state index in [2.05, 4.69) is 23.3 Å². The lowest BCUT2D eigenvalue weighted by molar-refractivity contribution is 0.274. The molecule has 5 heteroatoms. The van der Waals surface area contributed by atoms with Gasteiger partial charge in [-0.15, -0.1) is 0 Å². The standard InChI is InChI=1S/C16H26N2O2S/c1-4-17-16(15-9-6-10-18-12(15)2)13-7-5-8-14(11-13)21(3,19)20/h6,9-10,13-14,16-17H,4-5,7-8,11H2,1-3H3. The first-order valence-electron chi connectivity index (χ1n) is 7.77. The molecule has 2 rings (SSSR count). The molecule has 1 aliphatic rings. The Morgan fingerprint density at radius 2 is 2.19 bits per heavy atom. The van der Waals surface area contributed by atoms with Crippen LogP contribution in [0.4, 0.5) is 0 Å². The molecule has 1 aromatic rings. The fraction of sp³-hybridized carbons (Fsp3) is 0.688. The maximum Gasteiger partial charge on any atom is 0.150 e. The first-order valence-corrected chi connectivity index (χ1v) is 9.72. The van der Waals surface area contributed by atoms with Gasteiger partial charge in [0.05, 0.1) is 5.25 Å². The van der Waals surface area contributed by atoms with E-state index in [1.807, 2.05) is 19.2 Å². The van der Waals surface area contributed by atoms with Crippen LogP contribution in [0.5, 0.6) is 0 Å². The average molecular weight is 310 g/mol. The van der Waals surface area contributed by atoms with Gasteiger partial charge in [-0.1, -0.05) is 19.4 Å². The van der Waals surface area contributed by atoms with Gasteiger partial charge in [0.15, 0.2) is 0 Å². The summed E-state index contributed by atoms with van der Waals surface area (Å²) in [5.74, 6) is 0.362. The summed E-state index contributed by atoms with van der Waals surface area (Å²) >= 11 is 0. The molecule has 3 unspecified atom stereocenters. The minimum atomic E-state index is -2.94. The van der Waals surface area contributed by atoms with Crippen LogP contribution in [0.2, 0.25) is 0 Å². The van der Waals surface area contributed by atoms with Crippen molar-refractivity contribution in [3.63, 3.8) is 0 Å². The van der Waals surface area contributed by atoms with Crippen LogP contribution in [0.15, 0.2) is 18.3 Å². The third-order valence-corrected chi connectivity index (χ3v) is 6.19. The molecule has 1 saturated carbocycles. The molecule has 0 saturated heterocycles. The molecule has 0 aromatic carbocycles. The van der Waals surface area contributed by atoms with Crippen molar-refractivity contribution in [2.75, 3.05) is 12.8 Å². The number of rotatable bonds is 5. The highest BCUT2D eigenvalue weighted by Gasteiger charge is 2.33. The van der Waals surface area contributed by atoms with Crippen molar-refractivity contribution in [2.45, 2.75) is 50.8 Å². The predicted octanol–water partition coefficient (Wildman–Crippen LogP) is 2.64. The lowest BCUT2D eigenvalue weighted by Crippen LogP contribution is -2.36. The Labute approximate surface area is 128 Å². The zero-order valence-corrected chi connectivity index (χ0v) is 14.0. The normalized spacial score (nSPS) is 24.7. The highest BCUT2D eigenvalue weighted by molar-refractivity contribution is 7.91. The maximum atomic E-state index is 11.9. The van der Waals surface area contributed by atoms with E-state index in [0.717, 1.165) is 37.9 Å². The molecule has 0 radical (unpaired) electrons. The molecular weight excluding hydrogens is 284 g/mol. The van der Waals surface area contributed by atoms with Crippen molar-refractivity contribution < 1.29 is 8.42 Å². The first-order chi connectivity index (χ1) is 9.93. The smallest absolute Gasteiger partial charge is 0.150 e. The van der Waals surface area contributed by atoms with E-state index >= 15 is 0 Å². The molecular formula is C16H26N2O2S. The third kappa shape index (κ3) is 4.04. The van der Waals surface area contributed by atoms with Crippen LogP contribution in [0.3, 0.4) is 0 Å². The molecule has 0 spiro atoms. The first kappa shape index (κ1) is 16.4. The Bertz CT molecular complexity index is 571. The summed E-state index contributed by atoms with van der Waals surface area (Å²) in [5, 5.41) is 3.36. The summed E-state index contributed by atoms with van der Waals surface area (Å²) in [4.78, 5) is 4.39. The van der Waals surface area contributed by atoms with Gasteiger partial charge in [-0.05, 0) is 50.3 Å². The topological polar surface area (TPSA) is 59.1 Å². The van der Waals surface area contributed by atoms with Gasteiger partial charge >= 0.3 is 0 Å². The van der Waals surface area contributed by atoms with Gasteiger partial charge in [-0.2, -0.15) is 0 Å². The number of nitrogens with zero attached hydrogens (tertiary/aromatic N) is 1. The fourth-order valence-corrected chi connectivity index (χ4v) is 4.64.